The average molecular weight is 502 g/mol. The van der Waals surface area contributed by atoms with Gasteiger partial charge in [-0.3, -0.25) is 9.48 Å². The van der Waals surface area contributed by atoms with Crippen molar-refractivity contribution < 1.29 is 44.4 Å². The molecule has 0 saturated carbocycles. The summed E-state index contributed by atoms with van der Waals surface area (Å²) in [5, 5.41) is 6.48. The Morgan fingerprint density at radius 2 is 1.73 bits per heavy atom. The number of rotatable bonds is 5. The van der Waals surface area contributed by atoms with E-state index in [0.29, 0.717) is 0 Å². The molecule has 2 aromatic heterocycles. The van der Waals surface area contributed by atoms with Gasteiger partial charge in [0.05, 0.1) is 5.02 Å². The van der Waals surface area contributed by atoms with Crippen LogP contribution in [0, 0.1) is 0 Å². The van der Waals surface area contributed by atoms with Crippen LogP contribution < -0.4 is 0 Å². The van der Waals surface area contributed by atoms with Gasteiger partial charge in [0, 0.05) is 30.7 Å². The maximum atomic E-state index is 13.8. The summed E-state index contributed by atoms with van der Waals surface area (Å²) in [5.41, 5.74) is -5.84. The van der Waals surface area contributed by atoms with E-state index >= 15 is 0 Å². The number of hydrogen-bond acceptors (Lipinski definition) is 4. The lowest BCUT2D eigenvalue weighted by atomic mass is 10.0. The van der Waals surface area contributed by atoms with Gasteiger partial charge >= 0.3 is 18.3 Å². The van der Waals surface area contributed by atoms with Crippen LogP contribution in [-0.2, 0) is 19.1 Å². The van der Waals surface area contributed by atoms with Gasteiger partial charge in [0.1, 0.15) is 17.0 Å². The summed E-state index contributed by atoms with van der Waals surface area (Å²) < 4.78 is 112. The molecule has 0 amide bonds. The van der Waals surface area contributed by atoms with Gasteiger partial charge in [0.2, 0.25) is 0 Å². The van der Waals surface area contributed by atoms with E-state index < -0.39 is 41.0 Å². The van der Waals surface area contributed by atoms with Gasteiger partial charge in [-0.25, -0.2) is 0 Å². The summed E-state index contributed by atoms with van der Waals surface area (Å²) >= 11 is 5.97. The van der Waals surface area contributed by atoms with Gasteiger partial charge in [-0.1, -0.05) is 29.7 Å². The molecular weight excluding hydrogens is 490 g/mol. The molecule has 0 fully saturated rings. The standard InChI is InChI=1S/C19H12ClF8N3O2/c1-3-12(32)9-6-8(4-5-10(9)20)11-7-13(33-30-11)15-14(18(23,24)25)16(29-31(15)2)17(21,22)19(26,27)28/h4-7H,3H2,1-2H3. The quantitative estimate of drug-likeness (QED) is 0.290. The predicted octanol–water partition coefficient (Wildman–Crippen LogP) is 6.66. The van der Waals surface area contributed by atoms with Crippen LogP contribution in [0.1, 0.15) is 35.0 Å². The van der Waals surface area contributed by atoms with E-state index in [-0.39, 0.29) is 38.7 Å². The topological polar surface area (TPSA) is 60.9 Å². The van der Waals surface area contributed by atoms with E-state index in [1.165, 1.54) is 18.2 Å². The smallest absolute Gasteiger partial charge is 0.354 e. The molecular formula is C19H12ClF8N3O2. The first-order chi connectivity index (χ1) is 15.1. The number of ketones is 1. The molecule has 14 heteroatoms. The van der Waals surface area contributed by atoms with Crippen LogP contribution in [0.15, 0.2) is 28.8 Å². The fourth-order valence-corrected chi connectivity index (χ4v) is 3.26. The SMILES string of the molecule is CCC(=O)c1cc(-c2cc(-c3c(C(F)(F)F)c(C(F)(F)C(F)(F)F)nn3C)on2)ccc1Cl. The Morgan fingerprint density at radius 1 is 1.09 bits per heavy atom. The normalized spacial score (nSPS) is 12.9. The Balaban J connectivity index is 2.18. The number of benzene rings is 1. The minimum atomic E-state index is -6.32. The van der Waals surface area contributed by atoms with E-state index in [2.05, 4.69) is 10.3 Å². The van der Waals surface area contributed by atoms with Crippen molar-refractivity contribution in [1.82, 2.24) is 14.9 Å². The van der Waals surface area contributed by atoms with Gasteiger partial charge < -0.3 is 4.52 Å². The maximum absolute atomic E-state index is 13.8. The lowest BCUT2D eigenvalue weighted by Crippen LogP contribution is -2.36. The summed E-state index contributed by atoms with van der Waals surface area (Å²) in [7, 11) is 0.753. The Hall–Kier alpha value is -2.96. The average Bonchev–Trinajstić information content (AvgIpc) is 3.31. The van der Waals surface area contributed by atoms with Gasteiger partial charge in [0.25, 0.3) is 0 Å². The van der Waals surface area contributed by atoms with Crippen molar-refractivity contribution in [2.75, 3.05) is 0 Å². The number of alkyl halides is 8. The minimum Gasteiger partial charge on any atom is -0.354 e. The molecule has 0 N–H and O–H groups in total. The highest BCUT2D eigenvalue weighted by atomic mass is 35.5. The van der Waals surface area contributed by atoms with Crippen LogP contribution in [0.2, 0.25) is 5.02 Å². The molecule has 178 valence electrons. The number of aromatic nitrogens is 3. The molecule has 5 nitrogen and oxygen atoms in total. The fraction of sp³-hybridized carbons (Fsp3) is 0.316. The lowest BCUT2D eigenvalue weighted by molar-refractivity contribution is -0.292. The molecule has 3 rings (SSSR count). The number of carbonyl (C=O) groups is 1. The summed E-state index contributed by atoms with van der Waals surface area (Å²) in [5.74, 6) is -6.99. The highest BCUT2D eigenvalue weighted by Gasteiger charge is 2.64. The number of halogens is 9. The third kappa shape index (κ3) is 4.33. The van der Waals surface area contributed by atoms with Crippen LogP contribution in [0.5, 0.6) is 0 Å². The predicted molar refractivity (Wildman–Crippen MR) is 98.7 cm³/mol. The van der Waals surface area contributed by atoms with Crippen LogP contribution in [-0.4, -0.2) is 26.9 Å². The Kier molecular flexibility index (Phi) is 6.07. The molecule has 0 unspecified atom stereocenters. The number of aryl methyl sites for hydroxylation is 1. The Bertz CT molecular complexity index is 1210. The second-order valence-corrected chi connectivity index (χ2v) is 7.22. The largest absolute Gasteiger partial charge is 0.459 e. The van der Waals surface area contributed by atoms with Gasteiger partial charge in [0.15, 0.2) is 17.2 Å². The van der Waals surface area contributed by atoms with E-state index in [1.54, 1.807) is 6.92 Å². The number of hydrogen-bond donors (Lipinski definition) is 0. The van der Waals surface area contributed by atoms with Crippen molar-refractivity contribution >= 4 is 17.4 Å². The van der Waals surface area contributed by atoms with Crippen molar-refractivity contribution in [3.05, 3.63) is 46.1 Å². The highest BCUT2D eigenvalue weighted by Crippen LogP contribution is 2.50. The lowest BCUT2D eigenvalue weighted by Gasteiger charge is -2.19. The zero-order valence-corrected chi connectivity index (χ0v) is 17.3. The zero-order chi connectivity index (χ0) is 24.9. The first-order valence-electron chi connectivity index (χ1n) is 8.99. The zero-order valence-electron chi connectivity index (χ0n) is 16.6. The molecule has 0 aliphatic carbocycles. The second-order valence-electron chi connectivity index (χ2n) is 6.81. The molecule has 0 atom stereocenters. The highest BCUT2D eigenvalue weighted by molar-refractivity contribution is 6.34. The maximum Gasteiger partial charge on any atom is 0.459 e. The number of carbonyl (C=O) groups excluding carboxylic acids is 1. The molecule has 0 aliphatic rings. The van der Waals surface area contributed by atoms with Crippen LogP contribution in [0.25, 0.3) is 22.7 Å². The third-order valence-electron chi connectivity index (χ3n) is 4.61. The van der Waals surface area contributed by atoms with Gasteiger partial charge in [-0.15, -0.1) is 0 Å². The van der Waals surface area contributed by atoms with Crippen LogP contribution >= 0.6 is 11.6 Å². The van der Waals surface area contributed by atoms with E-state index in [9.17, 15) is 39.9 Å². The fourth-order valence-electron chi connectivity index (χ4n) is 3.04. The summed E-state index contributed by atoms with van der Waals surface area (Å²) in [4.78, 5) is 12.0. The van der Waals surface area contributed by atoms with Crippen molar-refractivity contribution in [3.63, 3.8) is 0 Å². The minimum absolute atomic E-state index is 0.102. The molecule has 1 aromatic carbocycles. The Labute approximate surface area is 184 Å². The first kappa shape index (κ1) is 24.7. The second kappa shape index (κ2) is 8.12. The van der Waals surface area contributed by atoms with Crippen LogP contribution in [0.4, 0.5) is 35.1 Å². The van der Waals surface area contributed by atoms with Gasteiger partial charge in [-0.05, 0) is 12.1 Å². The summed E-state index contributed by atoms with van der Waals surface area (Å²) in [6.45, 7) is 1.58. The molecule has 33 heavy (non-hydrogen) atoms. The summed E-state index contributed by atoms with van der Waals surface area (Å²) in [6.07, 6.45) is -11.9. The molecule has 0 bridgehead atoms. The first-order valence-corrected chi connectivity index (χ1v) is 9.36. The van der Waals surface area contributed by atoms with Crippen molar-refractivity contribution in [1.29, 1.82) is 0 Å². The number of nitrogens with zero attached hydrogens (tertiary/aromatic N) is 3. The molecule has 0 spiro atoms. The molecule has 0 aliphatic heterocycles. The summed E-state index contributed by atoms with van der Waals surface area (Å²) in [6, 6.07) is 4.90. The third-order valence-corrected chi connectivity index (χ3v) is 4.94. The van der Waals surface area contributed by atoms with Crippen molar-refractivity contribution in [2.45, 2.75) is 31.6 Å². The molecule has 0 radical (unpaired) electrons. The van der Waals surface area contributed by atoms with Crippen LogP contribution in [0.3, 0.4) is 0 Å². The van der Waals surface area contributed by atoms with E-state index in [1.807, 2.05) is 0 Å². The van der Waals surface area contributed by atoms with E-state index in [4.69, 9.17) is 16.1 Å². The Morgan fingerprint density at radius 3 is 2.27 bits per heavy atom. The van der Waals surface area contributed by atoms with Gasteiger partial charge in [-0.2, -0.15) is 40.2 Å². The number of Topliss-reactive ketones (excluding diaryl/α,β-unsaturated/α-hetero) is 1. The van der Waals surface area contributed by atoms with E-state index in [0.717, 1.165) is 13.1 Å². The molecule has 0 saturated heterocycles. The van der Waals surface area contributed by atoms with Crippen molar-refractivity contribution in [2.24, 2.45) is 7.05 Å². The monoisotopic (exact) mass is 501 g/mol. The molecule has 3 aromatic rings. The van der Waals surface area contributed by atoms with Crippen molar-refractivity contribution in [3.8, 4) is 22.7 Å². The molecule has 2 heterocycles.